The van der Waals surface area contributed by atoms with Gasteiger partial charge in [0.2, 0.25) is 0 Å². The molecule has 4 N–H and O–H groups in total. The van der Waals surface area contributed by atoms with Crippen molar-refractivity contribution in [3.8, 4) is 0 Å². The Hall–Kier alpha value is -1.97. The molecule has 0 saturated carbocycles. The standard InChI is InChI=1S/C10H12N4/c1-7-4-2-3-5-8(7)13-9-6-12-14-10(9)11/h2-6,13H,1H3,(H3,11,12,14). The van der Waals surface area contributed by atoms with E-state index in [9.17, 15) is 0 Å². The first-order chi connectivity index (χ1) is 6.77. The number of nitrogens with zero attached hydrogens (tertiary/aromatic N) is 1. The van der Waals surface area contributed by atoms with Crippen molar-refractivity contribution >= 4 is 17.2 Å². The van der Waals surface area contributed by atoms with Crippen LogP contribution >= 0.6 is 0 Å². The van der Waals surface area contributed by atoms with Gasteiger partial charge in [0.1, 0.15) is 11.5 Å². The van der Waals surface area contributed by atoms with Crippen LogP contribution in [0.5, 0.6) is 0 Å². The molecule has 0 spiro atoms. The molecular weight excluding hydrogens is 176 g/mol. The monoisotopic (exact) mass is 188 g/mol. The van der Waals surface area contributed by atoms with Crippen molar-refractivity contribution in [2.24, 2.45) is 0 Å². The second kappa shape index (κ2) is 3.41. The summed E-state index contributed by atoms with van der Waals surface area (Å²) in [7, 11) is 0. The minimum Gasteiger partial charge on any atom is -0.382 e. The molecule has 0 amide bonds. The number of para-hydroxylation sites is 1. The molecule has 2 aromatic rings. The molecule has 72 valence electrons. The average Bonchev–Trinajstić information content (AvgIpc) is 2.56. The molecule has 0 fully saturated rings. The third-order valence-electron chi connectivity index (χ3n) is 2.08. The van der Waals surface area contributed by atoms with E-state index >= 15 is 0 Å². The Morgan fingerprint density at radius 3 is 2.71 bits per heavy atom. The van der Waals surface area contributed by atoms with Crippen LogP contribution in [0.2, 0.25) is 0 Å². The van der Waals surface area contributed by atoms with Crippen LogP contribution in [-0.4, -0.2) is 10.2 Å². The molecule has 0 aliphatic rings. The van der Waals surface area contributed by atoms with Gasteiger partial charge in [-0.15, -0.1) is 0 Å². The van der Waals surface area contributed by atoms with Crippen LogP contribution in [0.25, 0.3) is 0 Å². The largest absolute Gasteiger partial charge is 0.382 e. The number of nitrogen functional groups attached to an aromatic ring is 1. The fourth-order valence-electron chi connectivity index (χ4n) is 1.25. The Balaban J connectivity index is 2.28. The summed E-state index contributed by atoms with van der Waals surface area (Å²) in [6.07, 6.45) is 1.67. The highest BCUT2D eigenvalue weighted by molar-refractivity contribution is 5.70. The number of benzene rings is 1. The number of nitrogens with one attached hydrogen (secondary N) is 2. The molecule has 0 saturated heterocycles. The maximum absolute atomic E-state index is 5.66. The topological polar surface area (TPSA) is 66.7 Å². The van der Waals surface area contributed by atoms with Gasteiger partial charge in [0.05, 0.1) is 6.20 Å². The molecule has 1 aromatic carbocycles. The quantitative estimate of drug-likeness (QED) is 0.675. The smallest absolute Gasteiger partial charge is 0.143 e. The van der Waals surface area contributed by atoms with Crippen molar-refractivity contribution in [3.63, 3.8) is 0 Å². The van der Waals surface area contributed by atoms with E-state index in [1.165, 1.54) is 5.56 Å². The van der Waals surface area contributed by atoms with Crippen LogP contribution in [-0.2, 0) is 0 Å². The molecular formula is C10H12N4. The summed E-state index contributed by atoms with van der Waals surface area (Å²) in [4.78, 5) is 0. The van der Waals surface area contributed by atoms with E-state index in [1.54, 1.807) is 6.20 Å². The summed E-state index contributed by atoms with van der Waals surface area (Å²) in [5, 5.41) is 9.71. The first-order valence-electron chi connectivity index (χ1n) is 4.39. The lowest BCUT2D eigenvalue weighted by Crippen LogP contribution is -1.95. The minimum atomic E-state index is 0.549. The lowest BCUT2D eigenvalue weighted by atomic mass is 10.2. The number of hydrogen-bond donors (Lipinski definition) is 3. The van der Waals surface area contributed by atoms with E-state index in [4.69, 9.17) is 5.73 Å². The van der Waals surface area contributed by atoms with E-state index < -0.39 is 0 Å². The highest BCUT2D eigenvalue weighted by Gasteiger charge is 2.02. The van der Waals surface area contributed by atoms with E-state index in [2.05, 4.69) is 15.5 Å². The SMILES string of the molecule is Cc1ccccc1Nc1cn[nH]c1N. The van der Waals surface area contributed by atoms with E-state index in [0.717, 1.165) is 11.4 Å². The van der Waals surface area contributed by atoms with Crippen molar-refractivity contribution in [3.05, 3.63) is 36.0 Å². The number of hydrogen-bond acceptors (Lipinski definition) is 3. The van der Waals surface area contributed by atoms with Crippen LogP contribution in [0, 0.1) is 6.92 Å². The lowest BCUT2D eigenvalue weighted by Gasteiger charge is -2.07. The number of aromatic nitrogens is 2. The summed E-state index contributed by atoms with van der Waals surface area (Å²) in [5.41, 5.74) is 8.68. The molecule has 4 heteroatoms. The van der Waals surface area contributed by atoms with Crippen molar-refractivity contribution < 1.29 is 0 Å². The molecule has 1 aromatic heterocycles. The number of aryl methyl sites for hydroxylation is 1. The molecule has 14 heavy (non-hydrogen) atoms. The van der Waals surface area contributed by atoms with Gasteiger partial charge in [-0.2, -0.15) is 5.10 Å². The van der Waals surface area contributed by atoms with Crippen molar-refractivity contribution in [1.82, 2.24) is 10.2 Å². The van der Waals surface area contributed by atoms with Gasteiger partial charge in [-0.25, -0.2) is 0 Å². The van der Waals surface area contributed by atoms with E-state index in [0.29, 0.717) is 5.82 Å². The van der Waals surface area contributed by atoms with Crippen molar-refractivity contribution in [1.29, 1.82) is 0 Å². The molecule has 0 radical (unpaired) electrons. The predicted molar refractivity (Wildman–Crippen MR) is 57.5 cm³/mol. The van der Waals surface area contributed by atoms with Gasteiger partial charge in [0, 0.05) is 5.69 Å². The highest BCUT2D eigenvalue weighted by Crippen LogP contribution is 2.22. The van der Waals surface area contributed by atoms with Gasteiger partial charge in [-0.3, -0.25) is 5.10 Å². The zero-order valence-electron chi connectivity index (χ0n) is 7.91. The van der Waals surface area contributed by atoms with E-state index in [-0.39, 0.29) is 0 Å². The number of H-pyrrole nitrogens is 1. The second-order valence-electron chi connectivity index (χ2n) is 3.14. The molecule has 0 atom stereocenters. The number of rotatable bonds is 2. The molecule has 1 heterocycles. The summed E-state index contributed by atoms with van der Waals surface area (Å²) >= 11 is 0. The van der Waals surface area contributed by atoms with Gasteiger partial charge in [-0.1, -0.05) is 18.2 Å². The number of aromatic amines is 1. The van der Waals surface area contributed by atoms with Crippen molar-refractivity contribution in [2.45, 2.75) is 6.92 Å². The van der Waals surface area contributed by atoms with Gasteiger partial charge < -0.3 is 11.1 Å². The Bertz CT molecular complexity index is 433. The van der Waals surface area contributed by atoms with E-state index in [1.807, 2.05) is 31.2 Å². The Morgan fingerprint density at radius 2 is 2.07 bits per heavy atom. The lowest BCUT2D eigenvalue weighted by molar-refractivity contribution is 1.10. The molecule has 0 bridgehead atoms. The average molecular weight is 188 g/mol. The normalized spacial score (nSPS) is 10.1. The van der Waals surface area contributed by atoms with Crippen LogP contribution in [0.1, 0.15) is 5.56 Å². The van der Waals surface area contributed by atoms with Gasteiger partial charge in [-0.05, 0) is 18.6 Å². The fourth-order valence-corrected chi connectivity index (χ4v) is 1.25. The zero-order valence-corrected chi connectivity index (χ0v) is 7.91. The maximum Gasteiger partial charge on any atom is 0.143 e. The van der Waals surface area contributed by atoms with Gasteiger partial charge in [0.15, 0.2) is 0 Å². The Morgan fingerprint density at radius 1 is 1.29 bits per heavy atom. The summed E-state index contributed by atoms with van der Waals surface area (Å²) in [6, 6.07) is 8.02. The third kappa shape index (κ3) is 1.54. The van der Waals surface area contributed by atoms with Gasteiger partial charge >= 0.3 is 0 Å². The van der Waals surface area contributed by atoms with Gasteiger partial charge in [0.25, 0.3) is 0 Å². The zero-order chi connectivity index (χ0) is 9.97. The second-order valence-corrected chi connectivity index (χ2v) is 3.14. The fraction of sp³-hybridized carbons (Fsp3) is 0.100. The highest BCUT2D eigenvalue weighted by atomic mass is 15.2. The number of nitrogens with two attached hydrogens (primary N) is 1. The summed E-state index contributed by atoms with van der Waals surface area (Å²) < 4.78 is 0. The Kier molecular flexibility index (Phi) is 2.10. The van der Waals surface area contributed by atoms with Crippen LogP contribution in [0.4, 0.5) is 17.2 Å². The van der Waals surface area contributed by atoms with Crippen LogP contribution in [0.3, 0.4) is 0 Å². The molecule has 2 rings (SSSR count). The molecule has 0 unspecified atom stereocenters. The number of anilines is 3. The minimum absolute atomic E-state index is 0.549. The first-order valence-corrected chi connectivity index (χ1v) is 4.39. The molecule has 4 nitrogen and oxygen atoms in total. The molecule has 0 aliphatic carbocycles. The summed E-state index contributed by atoms with van der Waals surface area (Å²) in [5.74, 6) is 0.549. The first kappa shape index (κ1) is 8.62. The predicted octanol–water partition coefficient (Wildman–Crippen LogP) is 2.04. The Labute approximate surface area is 82.1 Å². The van der Waals surface area contributed by atoms with Crippen LogP contribution in [0.15, 0.2) is 30.5 Å². The maximum atomic E-state index is 5.66. The van der Waals surface area contributed by atoms with Crippen LogP contribution < -0.4 is 11.1 Å². The molecule has 0 aliphatic heterocycles. The van der Waals surface area contributed by atoms with Crippen molar-refractivity contribution in [2.75, 3.05) is 11.1 Å². The third-order valence-corrected chi connectivity index (χ3v) is 2.08. The summed E-state index contributed by atoms with van der Waals surface area (Å²) in [6.45, 7) is 2.04.